The summed E-state index contributed by atoms with van der Waals surface area (Å²) in [5.41, 5.74) is 2.36. The molecule has 1 atom stereocenters. The first-order chi connectivity index (χ1) is 9.60. The molecule has 0 saturated heterocycles. The number of ether oxygens (including phenoxy) is 1. The lowest BCUT2D eigenvalue weighted by Gasteiger charge is -2.07. The first kappa shape index (κ1) is 12.9. The van der Waals surface area contributed by atoms with Crippen LogP contribution in [0.25, 0.3) is 16.9 Å². The molecule has 3 aromatic heterocycles. The maximum atomic E-state index is 6.24. The molecule has 3 rings (SSSR count). The summed E-state index contributed by atoms with van der Waals surface area (Å²) in [6.45, 7) is 1.88. The Balaban J connectivity index is 2.32. The molecule has 6 nitrogen and oxygen atoms in total. The van der Waals surface area contributed by atoms with Gasteiger partial charge in [-0.15, -0.1) is 11.6 Å². The Morgan fingerprint density at radius 1 is 1.30 bits per heavy atom. The Hall–Kier alpha value is -2.08. The van der Waals surface area contributed by atoms with Crippen molar-refractivity contribution in [3.63, 3.8) is 0 Å². The van der Waals surface area contributed by atoms with Crippen LogP contribution in [0.3, 0.4) is 0 Å². The van der Waals surface area contributed by atoms with E-state index < -0.39 is 0 Å². The highest BCUT2D eigenvalue weighted by atomic mass is 35.5. The van der Waals surface area contributed by atoms with Crippen LogP contribution < -0.4 is 4.74 Å². The molecule has 0 aromatic carbocycles. The van der Waals surface area contributed by atoms with E-state index in [1.807, 2.05) is 30.8 Å². The zero-order valence-corrected chi connectivity index (χ0v) is 12.2. The summed E-state index contributed by atoms with van der Waals surface area (Å²) < 4.78 is 8.81. The van der Waals surface area contributed by atoms with E-state index in [0.717, 1.165) is 17.0 Å². The van der Waals surface area contributed by atoms with Gasteiger partial charge in [-0.1, -0.05) is 0 Å². The molecule has 0 bridgehead atoms. The van der Waals surface area contributed by atoms with Crippen LogP contribution in [0.2, 0.25) is 0 Å². The van der Waals surface area contributed by atoms with Crippen LogP contribution in [-0.2, 0) is 7.05 Å². The first-order valence-electron chi connectivity index (χ1n) is 6.16. The second kappa shape index (κ2) is 4.79. The van der Waals surface area contributed by atoms with Gasteiger partial charge in [-0.2, -0.15) is 10.1 Å². The van der Waals surface area contributed by atoms with Gasteiger partial charge < -0.3 is 4.74 Å². The average Bonchev–Trinajstić information content (AvgIpc) is 3.00. The molecule has 0 radical (unpaired) electrons. The predicted octanol–water partition coefficient (Wildman–Crippen LogP) is 2.46. The second-order valence-corrected chi connectivity index (χ2v) is 5.14. The molecule has 3 aromatic rings. The van der Waals surface area contributed by atoms with Crippen LogP contribution >= 0.6 is 11.6 Å². The minimum Gasteiger partial charge on any atom is -0.481 e. The zero-order valence-electron chi connectivity index (χ0n) is 11.4. The number of nitrogens with zero attached hydrogens (tertiary/aromatic N) is 5. The Morgan fingerprint density at radius 2 is 2.10 bits per heavy atom. The number of pyridine rings is 1. The highest BCUT2D eigenvalue weighted by Crippen LogP contribution is 2.28. The lowest BCUT2D eigenvalue weighted by molar-refractivity contribution is 0.399. The van der Waals surface area contributed by atoms with E-state index in [-0.39, 0.29) is 5.38 Å². The summed E-state index contributed by atoms with van der Waals surface area (Å²) in [5.74, 6) is 1.27. The highest BCUT2D eigenvalue weighted by Gasteiger charge is 2.18. The van der Waals surface area contributed by atoms with Gasteiger partial charge in [0.2, 0.25) is 5.88 Å². The fraction of sp³-hybridized carbons (Fsp3) is 0.308. The minimum atomic E-state index is -0.240. The molecule has 104 valence electrons. The van der Waals surface area contributed by atoms with Gasteiger partial charge >= 0.3 is 0 Å². The van der Waals surface area contributed by atoms with Crippen molar-refractivity contribution in [2.24, 2.45) is 7.05 Å². The fourth-order valence-corrected chi connectivity index (χ4v) is 2.26. The Labute approximate surface area is 121 Å². The van der Waals surface area contributed by atoms with Crippen LogP contribution in [0.15, 0.2) is 24.5 Å². The number of aryl methyl sites for hydroxylation is 1. The molecule has 20 heavy (non-hydrogen) atoms. The van der Waals surface area contributed by atoms with E-state index in [9.17, 15) is 0 Å². The van der Waals surface area contributed by atoms with E-state index in [2.05, 4.69) is 15.1 Å². The van der Waals surface area contributed by atoms with Gasteiger partial charge in [0.25, 0.3) is 0 Å². The van der Waals surface area contributed by atoms with Gasteiger partial charge in [0.1, 0.15) is 11.3 Å². The molecule has 0 N–H and O–H groups in total. The first-order valence-corrected chi connectivity index (χ1v) is 6.60. The maximum absolute atomic E-state index is 6.24. The van der Waals surface area contributed by atoms with Crippen molar-refractivity contribution >= 4 is 22.8 Å². The number of rotatable bonds is 3. The molecule has 1 unspecified atom stereocenters. The number of hydrogen-bond donors (Lipinski definition) is 0. The third-order valence-electron chi connectivity index (χ3n) is 3.02. The molecule has 0 aliphatic heterocycles. The molecule has 3 heterocycles. The van der Waals surface area contributed by atoms with Crippen LogP contribution in [0.4, 0.5) is 0 Å². The molecule has 0 amide bonds. The SMILES string of the molecule is COc1ccc2nc(C(C)Cl)n(-c3cnn(C)c3)c2n1. The monoisotopic (exact) mass is 291 g/mol. The molecule has 0 aliphatic carbocycles. The van der Waals surface area contributed by atoms with Gasteiger partial charge in [0.15, 0.2) is 5.65 Å². The Kier molecular flexibility index (Phi) is 3.10. The topological polar surface area (TPSA) is 57.8 Å². The third-order valence-corrected chi connectivity index (χ3v) is 3.21. The van der Waals surface area contributed by atoms with Gasteiger partial charge in [-0.3, -0.25) is 9.25 Å². The lowest BCUT2D eigenvalue weighted by atomic mass is 10.4. The number of aromatic nitrogens is 5. The summed E-state index contributed by atoms with van der Waals surface area (Å²) >= 11 is 6.24. The summed E-state index contributed by atoms with van der Waals surface area (Å²) in [6.07, 6.45) is 3.65. The normalized spacial score (nSPS) is 12.8. The third kappa shape index (κ3) is 2.02. The van der Waals surface area contributed by atoms with Crippen molar-refractivity contribution in [1.82, 2.24) is 24.3 Å². The largest absolute Gasteiger partial charge is 0.481 e. The standard InChI is InChI=1S/C13H14ClN5O/c1-8(14)12-16-10-4-5-11(20-3)17-13(10)19(12)9-6-15-18(2)7-9/h4-8H,1-3H3. The summed E-state index contributed by atoms with van der Waals surface area (Å²) in [7, 11) is 3.45. The maximum Gasteiger partial charge on any atom is 0.215 e. The van der Waals surface area contributed by atoms with Gasteiger partial charge in [0, 0.05) is 19.3 Å². The van der Waals surface area contributed by atoms with E-state index in [1.165, 1.54) is 0 Å². The highest BCUT2D eigenvalue weighted by molar-refractivity contribution is 6.20. The van der Waals surface area contributed by atoms with E-state index >= 15 is 0 Å². The van der Waals surface area contributed by atoms with Crippen LogP contribution in [0.5, 0.6) is 5.88 Å². The number of imidazole rings is 1. The van der Waals surface area contributed by atoms with E-state index in [1.54, 1.807) is 24.1 Å². The van der Waals surface area contributed by atoms with E-state index in [4.69, 9.17) is 16.3 Å². The van der Waals surface area contributed by atoms with Gasteiger partial charge in [-0.05, 0) is 13.0 Å². The molecule has 0 fully saturated rings. The zero-order chi connectivity index (χ0) is 14.3. The summed E-state index contributed by atoms with van der Waals surface area (Å²) in [6, 6.07) is 3.66. The molecule has 0 aliphatic rings. The molecular formula is C13H14ClN5O. The fourth-order valence-electron chi connectivity index (χ4n) is 2.12. The van der Waals surface area contributed by atoms with Crippen molar-refractivity contribution in [3.05, 3.63) is 30.4 Å². The van der Waals surface area contributed by atoms with Crippen molar-refractivity contribution < 1.29 is 4.74 Å². The number of halogens is 1. The van der Waals surface area contributed by atoms with Crippen molar-refractivity contribution in [2.45, 2.75) is 12.3 Å². The van der Waals surface area contributed by atoms with E-state index in [0.29, 0.717) is 11.5 Å². The Bertz CT molecular complexity index is 761. The number of methoxy groups -OCH3 is 1. The minimum absolute atomic E-state index is 0.240. The second-order valence-electron chi connectivity index (χ2n) is 4.49. The summed E-state index contributed by atoms with van der Waals surface area (Å²) in [5, 5.41) is 3.95. The molecule has 0 saturated carbocycles. The van der Waals surface area contributed by atoms with Crippen LogP contribution in [0, 0.1) is 0 Å². The van der Waals surface area contributed by atoms with Crippen molar-refractivity contribution in [1.29, 1.82) is 0 Å². The predicted molar refractivity (Wildman–Crippen MR) is 76.5 cm³/mol. The molecular weight excluding hydrogens is 278 g/mol. The van der Waals surface area contributed by atoms with Crippen LogP contribution in [-0.4, -0.2) is 31.4 Å². The van der Waals surface area contributed by atoms with Crippen molar-refractivity contribution in [2.75, 3.05) is 7.11 Å². The summed E-state index contributed by atoms with van der Waals surface area (Å²) in [4.78, 5) is 9.01. The smallest absolute Gasteiger partial charge is 0.215 e. The van der Waals surface area contributed by atoms with Crippen LogP contribution in [0.1, 0.15) is 18.1 Å². The number of alkyl halides is 1. The Morgan fingerprint density at radius 3 is 2.70 bits per heavy atom. The average molecular weight is 292 g/mol. The quantitative estimate of drug-likeness (QED) is 0.696. The van der Waals surface area contributed by atoms with Gasteiger partial charge in [0.05, 0.1) is 24.4 Å². The molecule has 0 spiro atoms. The lowest BCUT2D eigenvalue weighted by Crippen LogP contribution is -2.02. The van der Waals surface area contributed by atoms with Crippen molar-refractivity contribution in [3.8, 4) is 11.6 Å². The molecule has 7 heteroatoms. The van der Waals surface area contributed by atoms with Gasteiger partial charge in [-0.25, -0.2) is 4.98 Å². The number of hydrogen-bond acceptors (Lipinski definition) is 4. The number of fused-ring (bicyclic) bond motifs is 1.